The first-order valence-electron chi connectivity index (χ1n) is 13.5. The van der Waals surface area contributed by atoms with E-state index >= 15 is 0 Å². The van der Waals surface area contributed by atoms with Crippen molar-refractivity contribution in [3.8, 4) is 0 Å². The van der Waals surface area contributed by atoms with Gasteiger partial charge >= 0.3 is 0 Å². The standard InChI is InChI=1S/C34H35NO/c36-34(31-8-3-1-4-9-31,32-10-5-2-6-11-32)33-12-7-23-35(33)25-30-24-28-18-17-26-13-15-27(16-14-26)19-21-29(30)22-20-28/h1-6,8-11,13-16,20,22,24,33,36H,7,12,17-19,21,23,25H2/t33-/m0/s1. The Kier molecular flexibility index (Phi) is 6.48. The molecule has 2 heteroatoms. The lowest BCUT2D eigenvalue weighted by Crippen LogP contribution is -2.48. The maximum absolute atomic E-state index is 12.5. The fourth-order valence-corrected chi connectivity index (χ4v) is 6.31. The first kappa shape index (κ1) is 23.2. The Morgan fingerprint density at radius 2 is 1.22 bits per heavy atom. The Bertz CT molecular complexity index is 1260. The van der Waals surface area contributed by atoms with E-state index in [2.05, 4.69) is 71.6 Å². The molecule has 182 valence electrons. The zero-order chi connectivity index (χ0) is 24.4. The summed E-state index contributed by atoms with van der Waals surface area (Å²) < 4.78 is 0. The van der Waals surface area contributed by atoms with Crippen molar-refractivity contribution in [3.63, 3.8) is 0 Å². The van der Waals surface area contributed by atoms with E-state index in [0.717, 1.165) is 62.7 Å². The highest BCUT2D eigenvalue weighted by Crippen LogP contribution is 2.41. The molecule has 1 saturated heterocycles. The molecule has 2 nitrogen and oxygen atoms in total. The third kappa shape index (κ3) is 4.52. The zero-order valence-corrected chi connectivity index (χ0v) is 20.9. The summed E-state index contributed by atoms with van der Waals surface area (Å²) in [5.74, 6) is 0. The number of nitrogens with zero attached hydrogens (tertiary/aromatic N) is 1. The molecule has 4 aromatic rings. The molecule has 4 aliphatic carbocycles. The smallest absolute Gasteiger partial charge is 0.130 e. The number of benzene rings is 4. The molecule has 5 aliphatic rings. The molecule has 4 bridgehead atoms. The molecule has 1 aliphatic heterocycles. The summed E-state index contributed by atoms with van der Waals surface area (Å²) in [6, 6.07) is 36.9. The molecular weight excluding hydrogens is 438 g/mol. The van der Waals surface area contributed by atoms with Gasteiger partial charge in [0.05, 0.1) is 0 Å². The average molecular weight is 474 g/mol. The summed E-state index contributed by atoms with van der Waals surface area (Å²) in [7, 11) is 0. The average Bonchev–Trinajstić information content (AvgIpc) is 3.40. The minimum atomic E-state index is -1.04. The molecule has 0 saturated carbocycles. The van der Waals surface area contributed by atoms with Crippen LogP contribution in [0.5, 0.6) is 0 Å². The number of aliphatic hydroxyl groups is 1. The molecule has 9 rings (SSSR count). The Morgan fingerprint density at radius 1 is 0.667 bits per heavy atom. The van der Waals surface area contributed by atoms with Crippen LogP contribution in [0.1, 0.15) is 51.8 Å². The quantitative estimate of drug-likeness (QED) is 0.359. The van der Waals surface area contributed by atoms with E-state index in [1.165, 1.54) is 27.8 Å². The van der Waals surface area contributed by atoms with Gasteiger partial charge in [0, 0.05) is 12.6 Å². The van der Waals surface area contributed by atoms with Crippen LogP contribution in [0.4, 0.5) is 0 Å². The van der Waals surface area contributed by atoms with E-state index in [1.807, 2.05) is 36.4 Å². The largest absolute Gasteiger partial charge is 0.379 e. The van der Waals surface area contributed by atoms with Gasteiger partial charge in [-0.25, -0.2) is 0 Å². The molecule has 0 unspecified atom stereocenters. The van der Waals surface area contributed by atoms with E-state index in [-0.39, 0.29) is 6.04 Å². The molecule has 0 aromatic heterocycles. The summed E-state index contributed by atoms with van der Waals surface area (Å²) in [6.07, 6.45) is 6.35. The van der Waals surface area contributed by atoms with Crippen LogP contribution in [0.15, 0.2) is 103 Å². The lowest BCUT2D eigenvalue weighted by atomic mass is 9.79. The van der Waals surface area contributed by atoms with Crippen molar-refractivity contribution in [3.05, 3.63) is 142 Å². The number of rotatable bonds is 5. The maximum atomic E-state index is 12.5. The van der Waals surface area contributed by atoms with E-state index in [1.54, 1.807) is 0 Å². The number of aryl methyl sites for hydroxylation is 4. The lowest BCUT2D eigenvalue weighted by Gasteiger charge is -2.40. The first-order chi connectivity index (χ1) is 17.7. The summed E-state index contributed by atoms with van der Waals surface area (Å²) in [5, 5.41) is 12.5. The fourth-order valence-electron chi connectivity index (χ4n) is 6.31. The molecule has 4 aromatic carbocycles. The SMILES string of the molecule is OC(c1ccccc1)(c1ccccc1)[C@@H]1CCCN1Cc1cc2ccc1CCc1ccc(cc1)CC2. The van der Waals surface area contributed by atoms with Gasteiger partial charge in [-0.2, -0.15) is 0 Å². The summed E-state index contributed by atoms with van der Waals surface area (Å²) in [6.45, 7) is 1.89. The monoisotopic (exact) mass is 473 g/mol. The van der Waals surface area contributed by atoms with Gasteiger partial charge in [0.25, 0.3) is 0 Å². The van der Waals surface area contributed by atoms with Gasteiger partial charge in [0.1, 0.15) is 5.60 Å². The van der Waals surface area contributed by atoms with Crippen LogP contribution in [0.3, 0.4) is 0 Å². The van der Waals surface area contributed by atoms with Gasteiger partial charge in [-0.15, -0.1) is 0 Å². The van der Waals surface area contributed by atoms with Gasteiger partial charge in [0.15, 0.2) is 0 Å². The minimum absolute atomic E-state index is 0.0319. The molecule has 1 heterocycles. The Hall–Kier alpha value is -3.20. The van der Waals surface area contributed by atoms with Gasteiger partial charge in [-0.3, -0.25) is 4.90 Å². The highest BCUT2D eigenvalue weighted by atomic mass is 16.3. The number of hydrogen-bond donors (Lipinski definition) is 1. The Morgan fingerprint density at radius 3 is 1.86 bits per heavy atom. The van der Waals surface area contributed by atoms with Gasteiger partial charge in [-0.1, -0.05) is 103 Å². The molecule has 0 amide bonds. The zero-order valence-electron chi connectivity index (χ0n) is 20.9. The van der Waals surface area contributed by atoms with Crippen LogP contribution in [0.25, 0.3) is 0 Å². The van der Waals surface area contributed by atoms with Gasteiger partial charge < -0.3 is 5.11 Å². The predicted molar refractivity (Wildman–Crippen MR) is 147 cm³/mol. The van der Waals surface area contributed by atoms with Crippen LogP contribution in [-0.4, -0.2) is 22.6 Å². The van der Waals surface area contributed by atoms with E-state index in [0.29, 0.717) is 0 Å². The maximum Gasteiger partial charge on any atom is 0.130 e. The van der Waals surface area contributed by atoms with E-state index in [4.69, 9.17) is 0 Å². The van der Waals surface area contributed by atoms with Crippen molar-refractivity contribution in [2.45, 2.75) is 56.7 Å². The van der Waals surface area contributed by atoms with E-state index in [9.17, 15) is 5.11 Å². The summed E-state index contributed by atoms with van der Waals surface area (Å²) >= 11 is 0. The third-order valence-corrected chi connectivity index (χ3v) is 8.33. The molecule has 1 atom stereocenters. The molecule has 0 radical (unpaired) electrons. The molecule has 36 heavy (non-hydrogen) atoms. The summed E-state index contributed by atoms with van der Waals surface area (Å²) in [5.41, 5.74) is 8.03. The van der Waals surface area contributed by atoms with Gasteiger partial charge in [-0.05, 0) is 84.0 Å². The van der Waals surface area contributed by atoms with E-state index < -0.39 is 5.60 Å². The highest BCUT2D eigenvalue weighted by Gasteiger charge is 2.45. The Labute approximate surface area is 215 Å². The Balaban J connectivity index is 1.34. The number of likely N-dealkylation sites (tertiary alicyclic amines) is 1. The topological polar surface area (TPSA) is 23.5 Å². The molecule has 0 spiro atoms. The van der Waals surface area contributed by atoms with Crippen molar-refractivity contribution in [1.29, 1.82) is 0 Å². The highest BCUT2D eigenvalue weighted by molar-refractivity contribution is 5.40. The van der Waals surface area contributed by atoms with Crippen molar-refractivity contribution >= 4 is 0 Å². The van der Waals surface area contributed by atoms with Crippen LogP contribution in [0, 0.1) is 0 Å². The molecule has 1 fully saturated rings. The second kappa shape index (κ2) is 10.0. The predicted octanol–water partition coefficient (Wildman–Crippen LogP) is 6.47. The first-order valence-corrected chi connectivity index (χ1v) is 13.5. The van der Waals surface area contributed by atoms with Crippen molar-refractivity contribution in [2.24, 2.45) is 0 Å². The van der Waals surface area contributed by atoms with Gasteiger partial charge in [0.2, 0.25) is 0 Å². The second-order valence-corrected chi connectivity index (χ2v) is 10.5. The lowest BCUT2D eigenvalue weighted by molar-refractivity contribution is -0.00661. The molecule has 1 N–H and O–H groups in total. The minimum Gasteiger partial charge on any atom is -0.379 e. The van der Waals surface area contributed by atoms with Crippen LogP contribution >= 0.6 is 0 Å². The summed E-state index contributed by atoms with van der Waals surface area (Å²) in [4.78, 5) is 2.54. The van der Waals surface area contributed by atoms with Crippen LogP contribution in [-0.2, 0) is 37.8 Å². The second-order valence-electron chi connectivity index (χ2n) is 10.5. The third-order valence-electron chi connectivity index (χ3n) is 8.33. The normalized spacial score (nSPS) is 18.2. The van der Waals surface area contributed by atoms with Crippen LogP contribution < -0.4 is 0 Å². The van der Waals surface area contributed by atoms with Crippen LogP contribution in [0.2, 0.25) is 0 Å². The molecular formula is C34H35NO. The fraction of sp³-hybridized carbons (Fsp3) is 0.294. The van der Waals surface area contributed by atoms with Crippen molar-refractivity contribution in [1.82, 2.24) is 4.90 Å². The number of hydrogen-bond acceptors (Lipinski definition) is 2. The van der Waals surface area contributed by atoms with Crippen molar-refractivity contribution < 1.29 is 5.11 Å². The van der Waals surface area contributed by atoms with Crippen molar-refractivity contribution in [2.75, 3.05) is 6.54 Å².